The van der Waals surface area contributed by atoms with Gasteiger partial charge >= 0.3 is 0 Å². The van der Waals surface area contributed by atoms with Crippen LogP contribution in [-0.2, 0) is 0 Å². The molecule has 0 unspecified atom stereocenters. The highest BCUT2D eigenvalue weighted by Gasteiger charge is 2.18. The second kappa shape index (κ2) is 6.92. The van der Waals surface area contributed by atoms with E-state index in [0.717, 1.165) is 11.6 Å². The molecular formula is C21H15F3N4. The summed E-state index contributed by atoms with van der Waals surface area (Å²) in [4.78, 5) is 13.2. The van der Waals surface area contributed by atoms with Gasteiger partial charge in [0.15, 0.2) is 23.3 Å². The number of halogens is 3. The van der Waals surface area contributed by atoms with Gasteiger partial charge in [0.2, 0.25) is 0 Å². The molecule has 2 aromatic carbocycles. The molecule has 0 radical (unpaired) electrons. The second-order valence-corrected chi connectivity index (χ2v) is 6.29. The van der Waals surface area contributed by atoms with E-state index in [1.807, 2.05) is 6.07 Å². The van der Waals surface area contributed by atoms with Crippen molar-refractivity contribution in [3.05, 3.63) is 71.8 Å². The predicted octanol–water partition coefficient (Wildman–Crippen LogP) is 5.13. The molecule has 0 spiro atoms. The Morgan fingerprint density at radius 2 is 1.75 bits per heavy atom. The normalized spacial score (nSPS) is 11.0. The van der Waals surface area contributed by atoms with Crippen LogP contribution in [0.15, 0.2) is 48.8 Å². The third kappa shape index (κ3) is 2.94. The Bertz CT molecular complexity index is 1190. The molecule has 0 aliphatic rings. The summed E-state index contributed by atoms with van der Waals surface area (Å²) in [5, 5.41) is 3.65. The maximum Gasteiger partial charge on any atom is 0.195 e. The van der Waals surface area contributed by atoms with Crippen LogP contribution in [0.1, 0.15) is 5.56 Å². The molecule has 0 atom stereocenters. The lowest BCUT2D eigenvalue weighted by molar-refractivity contribution is 0.449. The molecule has 140 valence electrons. The number of pyridine rings is 1. The van der Waals surface area contributed by atoms with Crippen molar-refractivity contribution >= 4 is 16.7 Å². The Labute approximate surface area is 159 Å². The summed E-state index contributed by atoms with van der Waals surface area (Å²) in [5.74, 6) is -2.90. The van der Waals surface area contributed by atoms with Crippen molar-refractivity contribution in [2.24, 2.45) is 0 Å². The monoisotopic (exact) mass is 380 g/mol. The molecule has 0 saturated heterocycles. The van der Waals surface area contributed by atoms with Crippen LogP contribution in [-0.4, -0.2) is 22.0 Å². The number of hydrogen-bond donors (Lipinski definition) is 1. The molecule has 2 heterocycles. The summed E-state index contributed by atoms with van der Waals surface area (Å²) in [6.07, 6.45) is 3.33. The Morgan fingerprint density at radius 3 is 2.46 bits per heavy atom. The third-order valence-electron chi connectivity index (χ3n) is 4.52. The number of fused-ring (bicyclic) bond motifs is 1. The topological polar surface area (TPSA) is 50.7 Å². The van der Waals surface area contributed by atoms with Gasteiger partial charge in [-0.1, -0.05) is 0 Å². The van der Waals surface area contributed by atoms with Crippen molar-refractivity contribution in [3.8, 4) is 22.5 Å². The van der Waals surface area contributed by atoms with Crippen LogP contribution in [0.25, 0.3) is 33.4 Å². The van der Waals surface area contributed by atoms with E-state index < -0.39 is 17.5 Å². The van der Waals surface area contributed by atoms with Gasteiger partial charge in [0.25, 0.3) is 0 Å². The van der Waals surface area contributed by atoms with Gasteiger partial charge in [-0.25, -0.2) is 23.1 Å². The molecule has 4 rings (SSSR count). The van der Waals surface area contributed by atoms with Crippen LogP contribution >= 0.6 is 0 Å². The van der Waals surface area contributed by atoms with Gasteiger partial charge in [-0.3, -0.25) is 4.98 Å². The molecule has 2 aromatic heterocycles. The van der Waals surface area contributed by atoms with E-state index in [9.17, 15) is 13.2 Å². The summed E-state index contributed by atoms with van der Waals surface area (Å²) in [6.45, 7) is 1.76. The van der Waals surface area contributed by atoms with Crippen LogP contribution in [0.4, 0.5) is 19.0 Å². The van der Waals surface area contributed by atoms with Gasteiger partial charge in [-0.05, 0) is 54.4 Å². The summed E-state index contributed by atoms with van der Waals surface area (Å²) in [7, 11) is 1.71. The van der Waals surface area contributed by atoms with E-state index >= 15 is 0 Å². The fourth-order valence-corrected chi connectivity index (χ4v) is 3.12. The van der Waals surface area contributed by atoms with Crippen molar-refractivity contribution in [2.75, 3.05) is 12.4 Å². The van der Waals surface area contributed by atoms with Crippen LogP contribution in [0.5, 0.6) is 0 Å². The van der Waals surface area contributed by atoms with Crippen molar-refractivity contribution in [1.29, 1.82) is 0 Å². The highest BCUT2D eigenvalue weighted by atomic mass is 19.2. The van der Waals surface area contributed by atoms with Gasteiger partial charge in [0, 0.05) is 36.0 Å². The largest absolute Gasteiger partial charge is 0.373 e. The molecular weight excluding hydrogens is 365 g/mol. The molecule has 0 amide bonds. The molecule has 0 aliphatic heterocycles. The molecule has 28 heavy (non-hydrogen) atoms. The zero-order valence-corrected chi connectivity index (χ0v) is 15.1. The minimum Gasteiger partial charge on any atom is -0.373 e. The maximum absolute atomic E-state index is 14.3. The standard InChI is InChI=1S/C21H15F3N4/c1-11-8-17-15(9-14(11)13-5-6-16(22)19(24)18(13)23)21(25-2)28-20(27-17)12-4-3-7-26-10-12/h3-10H,1-2H3,(H,25,27,28). The average molecular weight is 380 g/mol. The summed E-state index contributed by atoms with van der Waals surface area (Å²) in [6, 6.07) is 9.24. The number of rotatable bonds is 3. The van der Waals surface area contributed by atoms with Crippen LogP contribution in [0.3, 0.4) is 0 Å². The van der Waals surface area contributed by atoms with Crippen molar-refractivity contribution in [3.63, 3.8) is 0 Å². The van der Waals surface area contributed by atoms with Gasteiger partial charge in [0.1, 0.15) is 5.82 Å². The molecule has 4 aromatic rings. The Morgan fingerprint density at radius 1 is 0.929 bits per heavy atom. The number of nitrogens with zero attached hydrogens (tertiary/aromatic N) is 3. The highest BCUT2D eigenvalue weighted by molar-refractivity contribution is 5.95. The molecule has 1 N–H and O–H groups in total. The first kappa shape index (κ1) is 17.9. The number of aryl methyl sites for hydroxylation is 1. The first-order valence-corrected chi connectivity index (χ1v) is 8.54. The van der Waals surface area contributed by atoms with Gasteiger partial charge in [-0.2, -0.15) is 0 Å². The van der Waals surface area contributed by atoms with E-state index in [1.54, 1.807) is 44.6 Å². The number of nitrogens with one attached hydrogen (secondary N) is 1. The fraction of sp³-hybridized carbons (Fsp3) is 0.0952. The van der Waals surface area contributed by atoms with Crippen molar-refractivity contribution < 1.29 is 13.2 Å². The smallest absolute Gasteiger partial charge is 0.195 e. The lowest BCUT2D eigenvalue weighted by atomic mass is 9.97. The maximum atomic E-state index is 14.3. The zero-order chi connectivity index (χ0) is 19.8. The second-order valence-electron chi connectivity index (χ2n) is 6.29. The Balaban J connectivity index is 1.95. The first-order chi connectivity index (χ1) is 13.5. The summed E-state index contributed by atoms with van der Waals surface area (Å²) in [5.41, 5.74) is 2.50. The highest BCUT2D eigenvalue weighted by Crippen LogP contribution is 2.34. The van der Waals surface area contributed by atoms with Crippen molar-refractivity contribution in [2.45, 2.75) is 6.92 Å². The van der Waals surface area contributed by atoms with Crippen LogP contribution in [0.2, 0.25) is 0 Å². The quantitative estimate of drug-likeness (QED) is 0.501. The van der Waals surface area contributed by atoms with Gasteiger partial charge < -0.3 is 5.32 Å². The lowest BCUT2D eigenvalue weighted by Crippen LogP contribution is -2.01. The van der Waals surface area contributed by atoms with E-state index in [0.29, 0.717) is 33.7 Å². The van der Waals surface area contributed by atoms with Gasteiger partial charge in [0.05, 0.1) is 5.52 Å². The number of aromatic nitrogens is 3. The minimum atomic E-state index is -1.49. The van der Waals surface area contributed by atoms with E-state index in [-0.39, 0.29) is 5.56 Å². The fourth-order valence-electron chi connectivity index (χ4n) is 3.12. The first-order valence-electron chi connectivity index (χ1n) is 8.54. The average Bonchev–Trinajstić information content (AvgIpc) is 2.72. The molecule has 0 aliphatic carbocycles. The number of benzene rings is 2. The molecule has 0 saturated carbocycles. The van der Waals surface area contributed by atoms with E-state index in [1.165, 1.54) is 6.07 Å². The number of anilines is 1. The predicted molar refractivity (Wildman–Crippen MR) is 102 cm³/mol. The SMILES string of the molecule is CNc1nc(-c2cccnc2)nc2cc(C)c(-c3ccc(F)c(F)c3F)cc12. The van der Waals surface area contributed by atoms with E-state index in [4.69, 9.17) is 0 Å². The summed E-state index contributed by atoms with van der Waals surface area (Å²) >= 11 is 0. The van der Waals surface area contributed by atoms with Crippen LogP contribution in [0, 0.1) is 24.4 Å². The molecule has 7 heteroatoms. The Hall–Kier alpha value is -3.48. The minimum absolute atomic E-state index is 0.0170. The zero-order valence-electron chi connectivity index (χ0n) is 15.1. The number of hydrogen-bond acceptors (Lipinski definition) is 4. The molecule has 4 nitrogen and oxygen atoms in total. The van der Waals surface area contributed by atoms with Gasteiger partial charge in [-0.15, -0.1) is 0 Å². The van der Waals surface area contributed by atoms with Crippen LogP contribution < -0.4 is 5.32 Å². The summed E-state index contributed by atoms with van der Waals surface area (Å²) < 4.78 is 41.3. The van der Waals surface area contributed by atoms with Crippen molar-refractivity contribution in [1.82, 2.24) is 15.0 Å². The lowest BCUT2D eigenvalue weighted by Gasteiger charge is -2.13. The van der Waals surface area contributed by atoms with E-state index in [2.05, 4.69) is 20.3 Å². The molecule has 0 bridgehead atoms. The Kier molecular flexibility index (Phi) is 4.43. The third-order valence-corrected chi connectivity index (χ3v) is 4.52. The molecule has 0 fully saturated rings.